The molecule has 2 rings (SSSR count). The van der Waals surface area contributed by atoms with Crippen LogP contribution >= 0.6 is 12.4 Å². The molecule has 1 aliphatic heterocycles. The number of fused-ring (bicyclic) bond motifs is 1. The fourth-order valence-electron chi connectivity index (χ4n) is 1.88. The molecule has 0 fully saturated rings. The number of esters is 1. The lowest BCUT2D eigenvalue weighted by Gasteiger charge is -2.24. The average Bonchev–Trinajstić information content (AvgIpc) is 2.37. The number of nitrogens with two attached hydrogens (primary N) is 1. The summed E-state index contributed by atoms with van der Waals surface area (Å²) in [6.07, 6.45) is 0.736. The van der Waals surface area contributed by atoms with Gasteiger partial charge in [-0.3, -0.25) is 0 Å². The summed E-state index contributed by atoms with van der Waals surface area (Å²) >= 11 is 0. The number of hydrogen-bond acceptors (Lipinski definition) is 5. The summed E-state index contributed by atoms with van der Waals surface area (Å²) in [6, 6.07) is 3.25. The molecule has 0 radical (unpaired) electrons. The minimum absolute atomic E-state index is 0. The second-order valence-electron chi connectivity index (χ2n) is 3.83. The van der Waals surface area contributed by atoms with Crippen LogP contribution in [0.25, 0.3) is 0 Å². The van der Waals surface area contributed by atoms with Crippen LogP contribution in [0.15, 0.2) is 12.1 Å². The van der Waals surface area contributed by atoms with Crippen molar-refractivity contribution in [1.29, 1.82) is 0 Å². The van der Waals surface area contributed by atoms with Crippen LogP contribution in [0.2, 0.25) is 0 Å². The smallest absolute Gasteiger partial charge is 0.341 e. The van der Waals surface area contributed by atoms with Gasteiger partial charge in [0, 0.05) is 24.1 Å². The van der Waals surface area contributed by atoms with Gasteiger partial charge in [0.05, 0.1) is 20.8 Å². The van der Waals surface area contributed by atoms with E-state index >= 15 is 0 Å². The first-order chi connectivity index (χ1) is 8.17. The zero-order chi connectivity index (χ0) is 12.4. The number of carbonyl (C=O) groups excluding carboxylic acids is 1. The topological polar surface area (TPSA) is 70.8 Å². The maximum atomic E-state index is 11.6. The molecule has 2 N–H and O–H groups in total. The van der Waals surface area contributed by atoms with Crippen LogP contribution in [0.1, 0.15) is 28.4 Å². The molecule has 1 heterocycles. The Bertz CT molecular complexity index is 450. The van der Waals surface area contributed by atoms with Crippen LogP contribution in [0.4, 0.5) is 0 Å². The molecule has 6 heteroatoms. The zero-order valence-electron chi connectivity index (χ0n) is 10.3. The number of benzene rings is 1. The van der Waals surface area contributed by atoms with Crippen LogP contribution in [0.3, 0.4) is 0 Å². The normalized spacial score (nSPS) is 16.9. The fourth-order valence-corrected chi connectivity index (χ4v) is 1.88. The highest BCUT2D eigenvalue weighted by molar-refractivity contribution is 5.93. The Balaban J connectivity index is 0.00000162. The van der Waals surface area contributed by atoms with E-state index in [0.717, 1.165) is 12.0 Å². The van der Waals surface area contributed by atoms with Crippen molar-refractivity contribution >= 4 is 18.4 Å². The number of carbonyl (C=O) groups is 1. The molecule has 0 bridgehead atoms. The van der Waals surface area contributed by atoms with Crippen molar-refractivity contribution in [2.24, 2.45) is 5.73 Å². The minimum Gasteiger partial charge on any atom is -0.496 e. The number of rotatable bonds is 2. The third kappa shape index (κ3) is 2.52. The van der Waals surface area contributed by atoms with E-state index in [-0.39, 0.29) is 18.4 Å². The summed E-state index contributed by atoms with van der Waals surface area (Å²) < 4.78 is 15.3. The number of methoxy groups -OCH3 is 2. The lowest BCUT2D eigenvalue weighted by Crippen LogP contribution is -2.21. The van der Waals surface area contributed by atoms with E-state index < -0.39 is 5.97 Å². The van der Waals surface area contributed by atoms with Gasteiger partial charge in [0.2, 0.25) is 0 Å². The lowest BCUT2D eigenvalue weighted by molar-refractivity contribution is 0.0596. The fraction of sp³-hybridized carbons (Fsp3) is 0.417. The number of hydrogen-bond donors (Lipinski definition) is 1. The highest BCUT2D eigenvalue weighted by Crippen LogP contribution is 2.36. The van der Waals surface area contributed by atoms with Gasteiger partial charge in [-0.05, 0) is 6.07 Å². The highest BCUT2D eigenvalue weighted by Gasteiger charge is 2.23. The van der Waals surface area contributed by atoms with Crippen LogP contribution in [-0.4, -0.2) is 26.8 Å². The van der Waals surface area contributed by atoms with Gasteiger partial charge >= 0.3 is 5.97 Å². The van der Waals surface area contributed by atoms with Crippen molar-refractivity contribution in [3.63, 3.8) is 0 Å². The van der Waals surface area contributed by atoms with Gasteiger partial charge in [-0.25, -0.2) is 4.79 Å². The average molecular weight is 274 g/mol. The predicted octanol–water partition coefficient (Wildman–Crippen LogP) is 1.69. The first-order valence-electron chi connectivity index (χ1n) is 5.36. The molecule has 0 saturated carbocycles. The summed E-state index contributed by atoms with van der Waals surface area (Å²) in [7, 11) is 2.83. The molecule has 18 heavy (non-hydrogen) atoms. The second kappa shape index (κ2) is 5.93. The molecule has 5 nitrogen and oxygen atoms in total. The molecule has 0 unspecified atom stereocenters. The molecule has 0 aliphatic carbocycles. The Labute approximate surface area is 112 Å². The van der Waals surface area contributed by atoms with Gasteiger partial charge in [0.1, 0.15) is 17.1 Å². The van der Waals surface area contributed by atoms with E-state index in [0.29, 0.717) is 23.7 Å². The predicted molar refractivity (Wildman–Crippen MR) is 68.6 cm³/mol. The molecule has 1 aromatic rings. The van der Waals surface area contributed by atoms with Crippen molar-refractivity contribution in [3.8, 4) is 11.5 Å². The molecule has 0 saturated heterocycles. The Morgan fingerprint density at radius 1 is 1.44 bits per heavy atom. The maximum absolute atomic E-state index is 11.6. The van der Waals surface area contributed by atoms with Gasteiger partial charge < -0.3 is 19.9 Å². The standard InChI is InChI=1S/C12H15NO4.ClH/c1-15-10-6-11-7(9(13)3-4-17-11)5-8(10)12(14)16-2;/h5-6,9H,3-4,13H2,1-2H3;1H/t9-;/m1./s1. The van der Waals surface area contributed by atoms with Gasteiger partial charge in [0.15, 0.2) is 0 Å². The van der Waals surface area contributed by atoms with E-state index in [9.17, 15) is 4.79 Å². The van der Waals surface area contributed by atoms with Gasteiger partial charge in [-0.1, -0.05) is 0 Å². The number of ether oxygens (including phenoxy) is 3. The van der Waals surface area contributed by atoms with E-state index in [1.54, 1.807) is 12.1 Å². The third-order valence-electron chi connectivity index (χ3n) is 2.82. The summed E-state index contributed by atoms with van der Waals surface area (Å²) in [5, 5.41) is 0. The van der Waals surface area contributed by atoms with Crippen molar-refractivity contribution in [3.05, 3.63) is 23.3 Å². The quantitative estimate of drug-likeness (QED) is 0.830. The Kier molecular flexibility index (Phi) is 4.81. The van der Waals surface area contributed by atoms with Gasteiger partial charge in [-0.2, -0.15) is 0 Å². The minimum atomic E-state index is -0.442. The molecule has 0 amide bonds. The third-order valence-corrected chi connectivity index (χ3v) is 2.82. The molecule has 1 aliphatic rings. The lowest BCUT2D eigenvalue weighted by atomic mass is 9.98. The molecular formula is C12H16ClNO4. The first-order valence-corrected chi connectivity index (χ1v) is 5.36. The molecule has 0 aromatic heterocycles. The van der Waals surface area contributed by atoms with Gasteiger partial charge in [-0.15, -0.1) is 12.4 Å². The highest BCUT2D eigenvalue weighted by atomic mass is 35.5. The summed E-state index contributed by atoms with van der Waals surface area (Å²) in [5.74, 6) is 0.667. The van der Waals surface area contributed by atoms with E-state index in [1.165, 1.54) is 14.2 Å². The summed E-state index contributed by atoms with van der Waals surface area (Å²) in [5.41, 5.74) is 7.16. The molecular weight excluding hydrogens is 258 g/mol. The molecule has 100 valence electrons. The van der Waals surface area contributed by atoms with Crippen LogP contribution < -0.4 is 15.2 Å². The Morgan fingerprint density at radius 3 is 2.78 bits per heavy atom. The van der Waals surface area contributed by atoms with E-state index in [1.807, 2.05) is 0 Å². The monoisotopic (exact) mass is 273 g/mol. The van der Waals surface area contributed by atoms with E-state index in [4.69, 9.17) is 19.9 Å². The summed E-state index contributed by atoms with van der Waals surface area (Å²) in [6.45, 7) is 0.578. The first kappa shape index (κ1) is 14.6. The number of halogens is 1. The largest absolute Gasteiger partial charge is 0.496 e. The van der Waals surface area contributed by atoms with Crippen molar-refractivity contribution in [2.45, 2.75) is 12.5 Å². The Hall–Kier alpha value is -1.46. The molecule has 1 aromatic carbocycles. The maximum Gasteiger partial charge on any atom is 0.341 e. The van der Waals surface area contributed by atoms with Gasteiger partial charge in [0.25, 0.3) is 0 Å². The Morgan fingerprint density at radius 2 is 2.17 bits per heavy atom. The SMILES string of the molecule is COC(=O)c1cc2c(cc1OC)OCC[C@H]2N.Cl. The summed E-state index contributed by atoms with van der Waals surface area (Å²) in [4.78, 5) is 11.6. The van der Waals surface area contributed by atoms with Crippen LogP contribution in [0, 0.1) is 0 Å². The van der Waals surface area contributed by atoms with Crippen molar-refractivity contribution in [1.82, 2.24) is 0 Å². The zero-order valence-corrected chi connectivity index (χ0v) is 11.1. The second-order valence-corrected chi connectivity index (χ2v) is 3.83. The molecule has 1 atom stereocenters. The van der Waals surface area contributed by atoms with E-state index in [2.05, 4.69) is 0 Å². The van der Waals surface area contributed by atoms with Crippen molar-refractivity contribution < 1.29 is 19.0 Å². The van der Waals surface area contributed by atoms with Crippen LogP contribution in [0.5, 0.6) is 11.5 Å². The van der Waals surface area contributed by atoms with Crippen LogP contribution in [-0.2, 0) is 4.74 Å². The van der Waals surface area contributed by atoms with Crippen molar-refractivity contribution in [2.75, 3.05) is 20.8 Å². The molecule has 0 spiro atoms.